The predicted octanol–water partition coefficient (Wildman–Crippen LogP) is 3.93. The van der Waals surface area contributed by atoms with E-state index in [0.717, 1.165) is 22.4 Å². The lowest BCUT2D eigenvalue weighted by molar-refractivity contribution is -0.121. The van der Waals surface area contributed by atoms with Crippen molar-refractivity contribution in [3.8, 4) is 5.75 Å². The highest BCUT2D eigenvalue weighted by molar-refractivity contribution is 7.22. The smallest absolute Gasteiger partial charge is 0.253 e. The van der Waals surface area contributed by atoms with Crippen LogP contribution in [0.3, 0.4) is 0 Å². The number of benzene rings is 2. The number of amides is 2. The fourth-order valence-electron chi connectivity index (χ4n) is 3.44. The van der Waals surface area contributed by atoms with Crippen molar-refractivity contribution < 1.29 is 18.7 Å². The van der Waals surface area contributed by atoms with Crippen molar-refractivity contribution in [3.63, 3.8) is 0 Å². The number of thiazole rings is 1. The fraction of sp³-hybridized carbons (Fsp3) is 0.286. The third kappa shape index (κ3) is 4.22. The molecular formula is C21H20FN3O3S. The molecule has 1 fully saturated rings. The second kappa shape index (κ2) is 8.16. The summed E-state index contributed by atoms with van der Waals surface area (Å²) >= 11 is 1.39. The molecular weight excluding hydrogens is 393 g/mol. The zero-order chi connectivity index (χ0) is 20.4. The molecule has 1 N–H and O–H groups in total. The van der Waals surface area contributed by atoms with Crippen LogP contribution in [0.4, 0.5) is 9.52 Å². The van der Waals surface area contributed by atoms with Gasteiger partial charge in [0.25, 0.3) is 5.91 Å². The summed E-state index contributed by atoms with van der Waals surface area (Å²) in [6, 6.07) is 11.0. The highest BCUT2D eigenvalue weighted by atomic mass is 32.1. The Hall–Kier alpha value is -3.00. The molecule has 0 radical (unpaired) electrons. The first-order valence-corrected chi connectivity index (χ1v) is 10.2. The summed E-state index contributed by atoms with van der Waals surface area (Å²) in [5, 5.41) is 3.41. The number of halogens is 1. The number of ether oxygens (including phenoxy) is 1. The Kier molecular flexibility index (Phi) is 5.44. The summed E-state index contributed by atoms with van der Waals surface area (Å²) < 4.78 is 19.2. The van der Waals surface area contributed by atoms with Crippen LogP contribution in [-0.4, -0.2) is 41.9 Å². The second-order valence-corrected chi connectivity index (χ2v) is 7.97. The SMILES string of the molecule is COc1ccc2nc(NC(=O)[C@H]3CCCN(C(=O)c4ccc(F)cc4)C3)sc2c1. The number of hydrogen-bond acceptors (Lipinski definition) is 5. The van der Waals surface area contributed by atoms with Gasteiger partial charge in [0, 0.05) is 18.7 Å². The van der Waals surface area contributed by atoms with E-state index in [-0.39, 0.29) is 23.5 Å². The zero-order valence-corrected chi connectivity index (χ0v) is 16.7. The Bertz CT molecular complexity index is 1050. The third-order valence-electron chi connectivity index (χ3n) is 5.00. The van der Waals surface area contributed by atoms with Crippen LogP contribution in [-0.2, 0) is 4.79 Å². The molecule has 2 heterocycles. The number of hydrogen-bond donors (Lipinski definition) is 1. The maximum atomic E-state index is 13.1. The maximum absolute atomic E-state index is 13.1. The number of aromatic nitrogens is 1. The van der Waals surface area contributed by atoms with Gasteiger partial charge in [-0.15, -0.1) is 0 Å². The van der Waals surface area contributed by atoms with Gasteiger partial charge in [-0.1, -0.05) is 11.3 Å². The molecule has 2 aromatic carbocycles. The molecule has 6 nitrogen and oxygen atoms in total. The fourth-order valence-corrected chi connectivity index (χ4v) is 4.34. The molecule has 3 aromatic rings. The zero-order valence-electron chi connectivity index (χ0n) is 15.9. The summed E-state index contributed by atoms with van der Waals surface area (Å²) in [4.78, 5) is 31.5. The van der Waals surface area contributed by atoms with Crippen LogP contribution in [0.25, 0.3) is 10.2 Å². The average molecular weight is 413 g/mol. The molecule has 0 aliphatic carbocycles. The predicted molar refractivity (Wildman–Crippen MR) is 110 cm³/mol. The molecule has 0 spiro atoms. The second-order valence-electron chi connectivity index (χ2n) is 6.94. The number of anilines is 1. The largest absolute Gasteiger partial charge is 0.497 e. The number of likely N-dealkylation sites (tertiary alicyclic amines) is 1. The lowest BCUT2D eigenvalue weighted by Gasteiger charge is -2.32. The van der Waals surface area contributed by atoms with Crippen LogP contribution in [0.5, 0.6) is 5.75 Å². The normalized spacial score (nSPS) is 16.6. The van der Waals surface area contributed by atoms with Gasteiger partial charge >= 0.3 is 0 Å². The van der Waals surface area contributed by atoms with Crippen LogP contribution in [0.2, 0.25) is 0 Å². The number of carbonyl (C=O) groups excluding carboxylic acids is 2. The van der Waals surface area contributed by atoms with Crippen molar-refractivity contribution in [1.82, 2.24) is 9.88 Å². The van der Waals surface area contributed by atoms with Gasteiger partial charge in [0.1, 0.15) is 11.6 Å². The third-order valence-corrected chi connectivity index (χ3v) is 5.93. The topological polar surface area (TPSA) is 71.5 Å². The molecule has 150 valence electrons. The van der Waals surface area contributed by atoms with E-state index in [0.29, 0.717) is 30.2 Å². The van der Waals surface area contributed by atoms with Gasteiger partial charge in [0.15, 0.2) is 5.13 Å². The first kappa shape index (κ1) is 19.3. The first-order valence-electron chi connectivity index (χ1n) is 9.34. The van der Waals surface area contributed by atoms with Crippen LogP contribution >= 0.6 is 11.3 Å². The molecule has 1 aromatic heterocycles. The molecule has 1 saturated heterocycles. The van der Waals surface area contributed by atoms with Crippen molar-refractivity contribution in [3.05, 3.63) is 53.8 Å². The maximum Gasteiger partial charge on any atom is 0.253 e. The van der Waals surface area contributed by atoms with Crippen molar-refractivity contribution in [1.29, 1.82) is 0 Å². The van der Waals surface area contributed by atoms with Gasteiger partial charge < -0.3 is 15.0 Å². The van der Waals surface area contributed by atoms with Crippen LogP contribution in [0, 0.1) is 11.7 Å². The molecule has 1 aliphatic rings. The Morgan fingerprint density at radius 2 is 2.03 bits per heavy atom. The number of nitrogens with zero attached hydrogens (tertiary/aromatic N) is 2. The van der Waals surface area contributed by atoms with Gasteiger partial charge in [0.05, 0.1) is 23.2 Å². The molecule has 0 bridgehead atoms. The minimum atomic E-state index is -0.383. The van der Waals surface area contributed by atoms with E-state index < -0.39 is 0 Å². The lowest BCUT2D eigenvalue weighted by atomic mass is 9.96. The standard InChI is InChI=1S/C21H20FN3O3S/c1-28-16-8-9-17-18(11-16)29-21(23-17)24-19(26)14-3-2-10-25(12-14)20(27)13-4-6-15(22)7-5-13/h4-9,11,14H,2-3,10,12H2,1H3,(H,23,24,26)/t14-/m0/s1. The highest BCUT2D eigenvalue weighted by Gasteiger charge is 2.29. The number of fused-ring (bicyclic) bond motifs is 1. The summed E-state index contributed by atoms with van der Waals surface area (Å²) in [6.07, 6.45) is 1.44. The van der Waals surface area contributed by atoms with Gasteiger partial charge in [-0.25, -0.2) is 9.37 Å². The highest BCUT2D eigenvalue weighted by Crippen LogP contribution is 2.30. The van der Waals surface area contributed by atoms with Gasteiger partial charge in [-0.3, -0.25) is 9.59 Å². The summed E-state index contributed by atoms with van der Waals surface area (Å²) in [7, 11) is 1.60. The van der Waals surface area contributed by atoms with Crippen molar-refractivity contribution in [2.75, 3.05) is 25.5 Å². The van der Waals surface area contributed by atoms with Crippen molar-refractivity contribution in [2.45, 2.75) is 12.8 Å². The molecule has 0 saturated carbocycles. The van der Waals surface area contributed by atoms with Crippen LogP contribution in [0.15, 0.2) is 42.5 Å². The molecule has 29 heavy (non-hydrogen) atoms. The Morgan fingerprint density at radius 3 is 2.79 bits per heavy atom. The van der Waals surface area contributed by atoms with E-state index in [1.165, 1.54) is 35.6 Å². The number of carbonyl (C=O) groups is 2. The lowest BCUT2D eigenvalue weighted by Crippen LogP contribution is -2.43. The van der Waals surface area contributed by atoms with Crippen molar-refractivity contribution in [2.24, 2.45) is 5.92 Å². The van der Waals surface area contributed by atoms with E-state index in [9.17, 15) is 14.0 Å². The summed E-state index contributed by atoms with van der Waals surface area (Å²) in [5.74, 6) is -0.288. The Balaban J connectivity index is 1.43. The monoisotopic (exact) mass is 413 g/mol. The molecule has 4 rings (SSSR count). The number of nitrogens with one attached hydrogen (secondary N) is 1. The summed E-state index contributed by atoms with van der Waals surface area (Å²) in [6.45, 7) is 0.918. The van der Waals surface area contributed by atoms with E-state index in [1.807, 2.05) is 18.2 Å². The number of methoxy groups -OCH3 is 1. The number of piperidine rings is 1. The molecule has 2 amide bonds. The summed E-state index contributed by atoms with van der Waals surface area (Å²) in [5.41, 5.74) is 1.22. The van der Waals surface area contributed by atoms with E-state index in [4.69, 9.17) is 4.74 Å². The van der Waals surface area contributed by atoms with Crippen LogP contribution in [0.1, 0.15) is 23.2 Å². The van der Waals surface area contributed by atoms with E-state index in [1.54, 1.807) is 12.0 Å². The van der Waals surface area contributed by atoms with Crippen molar-refractivity contribution >= 4 is 38.5 Å². The molecule has 1 aliphatic heterocycles. The molecule has 1 atom stereocenters. The Morgan fingerprint density at radius 1 is 1.24 bits per heavy atom. The van der Waals surface area contributed by atoms with Crippen LogP contribution < -0.4 is 10.1 Å². The Labute approximate surface area is 171 Å². The minimum absolute atomic E-state index is 0.146. The average Bonchev–Trinajstić information content (AvgIpc) is 3.15. The van der Waals surface area contributed by atoms with E-state index >= 15 is 0 Å². The first-order chi connectivity index (χ1) is 14.0. The quantitative estimate of drug-likeness (QED) is 0.703. The van der Waals surface area contributed by atoms with Gasteiger partial charge in [-0.2, -0.15) is 0 Å². The minimum Gasteiger partial charge on any atom is -0.497 e. The molecule has 0 unspecified atom stereocenters. The number of rotatable bonds is 4. The van der Waals surface area contributed by atoms with E-state index in [2.05, 4.69) is 10.3 Å². The van der Waals surface area contributed by atoms with Gasteiger partial charge in [-0.05, 0) is 55.3 Å². The molecule has 8 heteroatoms. The van der Waals surface area contributed by atoms with Gasteiger partial charge in [0.2, 0.25) is 5.91 Å².